The van der Waals surface area contributed by atoms with Crippen LogP contribution in [0.4, 0.5) is 4.79 Å². The lowest BCUT2D eigenvalue weighted by Gasteiger charge is -2.12. The zero-order valence-electron chi connectivity index (χ0n) is 10.9. The minimum atomic E-state index is -0.267. The Morgan fingerprint density at radius 3 is 2.58 bits per heavy atom. The SMILES string of the molecule is CN(C)C(=O)NCCNC(=O)c1cccc(C#N)c1. The van der Waals surface area contributed by atoms with Crippen molar-refractivity contribution in [2.45, 2.75) is 0 Å². The lowest BCUT2D eigenvalue weighted by Crippen LogP contribution is -2.39. The number of hydrogen-bond acceptors (Lipinski definition) is 3. The molecule has 0 atom stereocenters. The maximum Gasteiger partial charge on any atom is 0.316 e. The lowest BCUT2D eigenvalue weighted by atomic mass is 10.1. The summed E-state index contributed by atoms with van der Waals surface area (Å²) in [5, 5.41) is 14.0. The highest BCUT2D eigenvalue weighted by Crippen LogP contribution is 2.03. The molecule has 6 heteroatoms. The molecule has 0 aliphatic rings. The molecule has 0 bridgehead atoms. The second-order valence-electron chi connectivity index (χ2n) is 4.07. The second kappa shape index (κ2) is 7.01. The standard InChI is InChI=1S/C13H16N4O2/c1-17(2)13(19)16-7-6-15-12(18)11-5-3-4-10(8-11)9-14/h3-5,8H,6-7H2,1-2H3,(H,15,18)(H,16,19). The van der Waals surface area contributed by atoms with Gasteiger partial charge in [0.05, 0.1) is 11.6 Å². The van der Waals surface area contributed by atoms with Gasteiger partial charge in [0.15, 0.2) is 0 Å². The van der Waals surface area contributed by atoms with Crippen LogP contribution in [0.3, 0.4) is 0 Å². The third-order valence-corrected chi connectivity index (χ3v) is 2.35. The van der Waals surface area contributed by atoms with Crippen LogP contribution in [0.15, 0.2) is 24.3 Å². The fourth-order valence-electron chi connectivity index (χ4n) is 1.34. The molecule has 0 heterocycles. The molecular weight excluding hydrogens is 244 g/mol. The number of carbonyl (C=O) groups is 2. The Labute approximate surface area is 112 Å². The fraction of sp³-hybridized carbons (Fsp3) is 0.308. The molecule has 6 nitrogen and oxygen atoms in total. The molecular formula is C13H16N4O2. The van der Waals surface area contributed by atoms with E-state index in [1.165, 1.54) is 11.0 Å². The Kier molecular flexibility index (Phi) is 5.35. The molecule has 0 spiro atoms. The van der Waals surface area contributed by atoms with Gasteiger partial charge in [0, 0.05) is 32.7 Å². The predicted molar refractivity (Wildman–Crippen MR) is 70.6 cm³/mol. The number of urea groups is 1. The molecule has 1 rings (SSSR count). The maximum atomic E-state index is 11.7. The van der Waals surface area contributed by atoms with E-state index >= 15 is 0 Å². The van der Waals surface area contributed by atoms with Gasteiger partial charge in [-0.3, -0.25) is 4.79 Å². The van der Waals surface area contributed by atoms with E-state index in [1.807, 2.05) is 6.07 Å². The molecule has 0 saturated heterocycles. The van der Waals surface area contributed by atoms with E-state index in [0.717, 1.165) is 0 Å². The average Bonchev–Trinajstić information content (AvgIpc) is 2.42. The summed E-state index contributed by atoms with van der Waals surface area (Å²) in [7, 11) is 3.28. The normalized spacial score (nSPS) is 9.32. The van der Waals surface area contributed by atoms with E-state index in [1.54, 1.807) is 32.3 Å². The number of hydrogen-bond donors (Lipinski definition) is 2. The fourth-order valence-corrected chi connectivity index (χ4v) is 1.34. The van der Waals surface area contributed by atoms with Gasteiger partial charge in [-0.2, -0.15) is 5.26 Å². The van der Waals surface area contributed by atoms with E-state index < -0.39 is 0 Å². The molecule has 1 aromatic rings. The highest BCUT2D eigenvalue weighted by Gasteiger charge is 2.06. The van der Waals surface area contributed by atoms with Crippen molar-refractivity contribution in [1.29, 1.82) is 5.26 Å². The molecule has 0 aliphatic carbocycles. The summed E-state index contributed by atoms with van der Waals surface area (Å²) in [6.45, 7) is 0.676. The summed E-state index contributed by atoms with van der Waals surface area (Å²) < 4.78 is 0. The molecule has 0 radical (unpaired) electrons. The molecule has 0 saturated carbocycles. The molecule has 0 aromatic heterocycles. The van der Waals surface area contributed by atoms with Gasteiger partial charge in [-0.1, -0.05) is 6.07 Å². The number of nitrogens with zero attached hydrogens (tertiary/aromatic N) is 2. The first-order valence-electron chi connectivity index (χ1n) is 5.78. The molecule has 2 N–H and O–H groups in total. The van der Waals surface area contributed by atoms with Crippen LogP contribution in [0.25, 0.3) is 0 Å². The molecule has 3 amide bonds. The zero-order valence-corrected chi connectivity index (χ0v) is 10.9. The summed E-state index contributed by atoms with van der Waals surface area (Å²) >= 11 is 0. The quantitative estimate of drug-likeness (QED) is 0.776. The molecule has 0 aliphatic heterocycles. The molecule has 1 aromatic carbocycles. The van der Waals surface area contributed by atoms with E-state index in [0.29, 0.717) is 24.2 Å². The van der Waals surface area contributed by atoms with E-state index in [2.05, 4.69) is 10.6 Å². The Hall–Kier alpha value is -2.55. The van der Waals surface area contributed by atoms with Gasteiger partial charge in [0.1, 0.15) is 0 Å². The highest BCUT2D eigenvalue weighted by molar-refractivity contribution is 5.94. The van der Waals surface area contributed by atoms with Crippen LogP contribution in [0.5, 0.6) is 0 Å². The molecule has 19 heavy (non-hydrogen) atoms. The Bertz CT molecular complexity index is 506. The largest absolute Gasteiger partial charge is 0.350 e. The van der Waals surface area contributed by atoms with Gasteiger partial charge in [0.25, 0.3) is 5.91 Å². The van der Waals surface area contributed by atoms with Crippen LogP contribution < -0.4 is 10.6 Å². The summed E-state index contributed by atoms with van der Waals surface area (Å²) in [5.41, 5.74) is 0.867. The van der Waals surface area contributed by atoms with E-state index in [-0.39, 0.29) is 11.9 Å². The van der Waals surface area contributed by atoms with Gasteiger partial charge < -0.3 is 15.5 Å². The number of nitrogens with one attached hydrogen (secondary N) is 2. The number of carbonyl (C=O) groups excluding carboxylic acids is 2. The van der Waals surface area contributed by atoms with Crippen LogP contribution >= 0.6 is 0 Å². The highest BCUT2D eigenvalue weighted by atomic mass is 16.2. The second-order valence-corrected chi connectivity index (χ2v) is 4.07. The molecule has 100 valence electrons. The first-order chi connectivity index (χ1) is 9.04. The van der Waals surface area contributed by atoms with Gasteiger partial charge in [0.2, 0.25) is 0 Å². The summed E-state index contributed by atoms with van der Waals surface area (Å²) in [6.07, 6.45) is 0. The van der Waals surface area contributed by atoms with Crippen LogP contribution in [0, 0.1) is 11.3 Å². The van der Waals surface area contributed by atoms with Crippen LogP contribution in [0.1, 0.15) is 15.9 Å². The van der Waals surface area contributed by atoms with Gasteiger partial charge in [-0.25, -0.2) is 4.79 Å². The Morgan fingerprint density at radius 1 is 1.26 bits per heavy atom. The van der Waals surface area contributed by atoms with Crippen molar-refractivity contribution in [2.24, 2.45) is 0 Å². The Balaban J connectivity index is 2.39. The number of benzene rings is 1. The van der Waals surface area contributed by atoms with Gasteiger partial charge >= 0.3 is 6.03 Å². The maximum absolute atomic E-state index is 11.7. The smallest absolute Gasteiger partial charge is 0.316 e. The number of amides is 3. The predicted octanol–water partition coefficient (Wildman–Crippen LogP) is 0.559. The third-order valence-electron chi connectivity index (χ3n) is 2.35. The van der Waals surface area contributed by atoms with Crippen molar-refractivity contribution in [1.82, 2.24) is 15.5 Å². The van der Waals surface area contributed by atoms with Crippen molar-refractivity contribution in [2.75, 3.05) is 27.2 Å². The molecule has 0 unspecified atom stereocenters. The first kappa shape index (κ1) is 14.5. The zero-order chi connectivity index (χ0) is 14.3. The summed E-state index contributed by atoms with van der Waals surface area (Å²) in [6, 6.07) is 8.21. The van der Waals surface area contributed by atoms with Crippen LogP contribution in [-0.2, 0) is 0 Å². The molecule has 0 fully saturated rings. The van der Waals surface area contributed by atoms with Crippen molar-refractivity contribution in [3.8, 4) is 6.07 Å². The Morgan fingerprint density at radius 2 is 1.95 bits per heavy atom. The number of rotatable bonds is 4. The minimum Gasteiger partial charge on any atom is -0.350 e. The first-order valence-corrected chi connectivity index (χ1v) is 5.78. The lowest BCUT2D eigenvalue weighted by molar-refractivity contribution is 0.0953. The van der Waals surface area contributed by atoms with Gasteiger partial charge in [-0.15, -0.1) is 0 Å². The van der Waals surface area contributed by atoms with Crippen molar-refractivity contribution in [3.05, 3.63) is 35.4 Å². The third kappa shape index (κ3) is 4.68. The topological polar surface area (TPSA) is 85.2 Å². The summed E-state index contributed by atoms with van der Waals surface area (Å²) in [4.78, 5) is 24.4. The summed E-state index contributed by atoms with van der Waals surface area (Å²) in [5.74, 6) is -0.267. The van der Waals surface area contributed by atoms with Gasteiger partial charge in [-0.05, 0) is 18.2 Å². The van der Waals surface area contributed by atoms with Crippen molar-refractivity contribution < 1.29 is 9.59 Å². The van der Waals surface area contributed by atoms with Crippen molar-refractivity contribution in [3.63, 3.8) is 0 Å². The monoisotopic (exact) mass is 260 g/mol. The van der Waals surface area contributed by atoms with E-state index in [9.17, 15) is 9.59 Å². The van der Waals surface area contributed by atoms with Crippen molar-refractivity contribution >= 4 is 11.9 Å². The number of nitriles is 1. The van der Waals surface area contributed by atoms with Crippen LogP contribution in [0.2, 0.25) is 0 Å². The van der Waals surface area contributed by atoms with Crippen LogP contribution in [-0.4, -0.2) is 44.0 Å². The average molecular weight is 260 g/mol. The van der Waals surface area contributed by atoms with E-state index in [4.69, 9.17) is 5.26 Å². The minimum absolute atomic E-state index is 0.208.